The van der Waals surface area contributed by atoms with Crippen molar-refractivity contribution in [1.82, 2.24) is 0 Å². The highest BCUT2D eigenvalue weighted by Crippen LogP contribution is 2.54. The molecule has 2 heterocycles. The molecule has 0 saturated carbocycles. The SMILES string of the molecule is C/C=C\C=C(/C)c1c2cc(N3c4ccccc4N(C)c4ccccc43)ccc2c(-c2ccc3ccccc3c2)c2cc(N3c4ccccc4N(C)c4ccccc43)ccc12. The Morgan fingerprint density at radius 3 is 1.38 bits per heavy atom. The zero-order valence-corrected chi connectivity index (χ0v) is 34.3. The van der Waals surface area contributed by atoms with E-state index < -0.39 is 0 Å². The molecule has 288 valence electrons. The molecule has 0 N–H and O–H groups in total. The Labute approximate surface area is 351 Å². The van der Waals surface area contributed by atoms with Crippen molar-refractivity contribution < 1.29 is 0 Å². The fraction of sp³-hybridized carbons (Fsp3) is 0.0714. The van der Waals surface area contributed by atoms with Crippen LogP contribution in [0.4, 0.5) is 56.9 Å². The lowest BCUT2D eigenvalue weighted by Crippen LogP contribution is -2.24. The molecule has 2 aliphatic heterocycles. The van der Waals surface area contributed by atoms with E-state index in [1.54, 1.807) is 0 Å². The highest BCUT2D eigenvalue weighted by molar-refractivity contribution is 6.21. The van der Waals surface area contributed by atoms with Crippen LogP contribution in [0.1, 0.15) is 19.4 Å². The number of rotatable bonds is 5. The third-order valence-electron chi connectivity index (χ3n) is 12.5. The van der Waals surface area contributed by atoms with E-state index in [9.17, 15) is 0 Å². The second kappa shape index (κ2) is 14.1. The maximum atomic E-state index is 2.44. The van der Waals surface area contributed by atoms with E-state index in [2.05, 4.69) is 242 Å². The summed E-state index contributed by atoms with van der Waals surface area (Å²) < 4.78 is 0. The third-order valence-corrected chi connectivity index (χ3v) is 12.5. The molecule has 0 radical (unpaired) electrons. The molecule has 0 amide bonds. The monoisotopic (exact) mass is 772 g/mol. The van der Waals surface area contributed by atoms with Crippen molar-refractivity contribution in [2.24, 2.45) is 0 Å². The molecule has 0 atom stereocenters. The van der Waals surface area contributed by atoms with Gasteiger partial charge in [-0.05, 0) is 147 Å². The Hall–Kier alpha value is -7.56. The fourth-order valence-corrected chi connectivity index (χ4v) is 9.71. The van der Waals surface area contributed by atoms with Crippen LogP contribution in [0.3, 0.4) is 0 Å². The average molecular weight is 773 g/mol. The third kappa shape index (κ3) is 5.45. The number of allylic oxidation sites excluding steroid dienone is 4. The molecular formula is C56H44N4. The number of anilines is 10. The fourth-order valence-electron chi connectivity index (χ4n) is 9.71. The predicted molar refractivity (Wildman–Crippen MR) is 258 cm³/mol. The van der Waals surface area contributed by atoms with Crippen LogP contribution in [0.15, 0.2) is 194 Å². The minimum atomic E-state index is 1.13. The van der Waals surface area contributed by atoms with Crippen molar-refractivity contribution >= 4 is 94.8 Å². The Morgan fingerprint density at radius 1 is 0.417 bits per heavy atom. The largest absolute Gasteiger partial charge is 0.341 e. The summed E-state index contributed by atoms with van der Waals surface area (Å²) in [6.45, 7) is 4.35. The molecule has 60 heavy (non-hydrogen) atoms. The molecule has 0 saturated heterocycles. The van der Waals surface area contributed by atoms with Crippen molar-refractivity contribution in [1.29, 1.82) is 0 Å². The van der Waals surface area contributed by atoms with Gasteiger partial charge >= 0.3 is 0 Å². The van der Waals surface area contributed by atoms with Crippen LogP contribution in [0, 0.1) is 0 Å². The summed E-state index contributed by atoms with van der Waals surface area (Å²) in [5.74, 6) is 0. The van der Waals surface area contributed by atoms with Crippen LogP contribution in [0.5, 0.6) is 0 Å². The van der Waals surface area contributed by atoms with Gasteiger partial charge in [-0.25, -0.2) is 0 Å². The molecule has 0 bridgehead atoms. The number of para-hydroxylation sites is 8. The van der Waals surface area contributed by atoms with E-state index in [0.717, 1.165) is 34.1 Å². The number of benzene rings is 9. The van der Waals surface area contributed by atoms with E-state index in [-0.39, 0.29) is 0 Å². The van der Waals surface area contributed by atoms with Gasteiger partial charge in [-0.15, -0.1) is 0 Å². The van der Waals surface area contributed by atoms with Crippen LogP contribution >= 0.6 is 0 Å². The van der Waals surface area contributed by atoms with Gasteiger partial charge in [-0.1, -0.05) is 115 Å². The first kappa shape index (κ1) is 35.6. The van der Waals surface area contributed by atoms with Crippen molar-refractivity contribution in [3.63, 3.8) is 0 Å². The second-order valence-corrected chi connectivity index (χ2v) is 15.9. The lowest BCUT2D eigenvalue weighted by atomic mass is 9.85. The molecule has 9 aromatic rings. The second-order valence-electron chi connectivity index (χ2n) is 15.9. The maximum Gasteiger partial charge on any atom is 0.0699 e. The van der Waals surface area contributed by atoms with E-state index in [4.69, 9.17) is 0 Å². The molecule has 0 aromatic heterocycles. The number of fused-ring (bicyclic) bond motifs is 7. The van der Waals surface area contributed by atoms with Crippen molar-refractivity contribution in [2.45, 2.75) is 13.8 Å². The van der Waals surface area contributed by atoms with Gasteiger partial charge in [-0.3, -0.25) is 0 Å². The van der Waals surface area contributed by atoms with Crippen molar-refractivity contribution in [3.8, 4) is 11.1 Å². The Bertz CT molecular complexity index is 3150. The van der Waals surface area contributed by atoms with Crippen molar-refractivity contribution in [3.05, 3.63) is 200 Å². The standard InChI is InChI=1S/C56H44N4/c1-5-6-17-37(2)55-43-32-30-42(60-53-26-15-11-22-49(53)58(4)50-23-12-16-27-54(50)60)36-46(43)56(40-29-28-38-18-7-8-19-39(38)34-40)44-33-31-41(35-45(44)55)59-51-24-13-9-20-47(51)57(3)48-21-10-14-25-52(48)59/h5-36H,1-4H3/b6-5-,37-17+. The first-order valence-corrected chi connectivity index (χ1v) is 20.8. The lowest BCUT2D eigenvalue weighted by Gasteiger charge is -2.39. The van der Waals surface area contributed by atoms with Crippen molar-refractivity contribution in [2.75, 3.05) is 33.7 Å². The molecule has 0 spiro atoms. The highest BCUT2D eigenvalue weighted by Gasteiger charge is 2.30. The zero-order chi connectivity index (χ0) is 40.5. The molecule has 4 nitrogen and oxygen atoms in total. The summed E-state index contributed by atoms with van der Waals surface area (Å²) in [6, 6.07) is 64.8. The van der Waals surface area contributed by atoms with Crippen LogP contribution < -0.4 is 19.6 Å². The molecule has 0 aliphatic carbocycles. The number of hydrogen-bond donors (Lipinski definition) is 0. The quantitative estimate of drug-likeness (QED) is 0.128. The first-order chi connectivity index (χ1) is 29.5. The summed E-state index contributed by atoms with van der Waals surface area (Å²) in [6.07, 6.45) is 6.53. The van der Waals surface area contributed by atoms with Crippen LogP contribution in [-0.4, -0.2) is 14.1 Å². The average Bonchev–Trinajstić information content (AvgIpc) is 3.30. The smallest absolute Gasteiger partial charge is 0.0699 e. The first-order valence-electron chi connectivity index (χ1n) is 20.8. The van der Waals surface area contributed by atoms with Gasteiger partial charge in [0.1, 0.15) is 0 Å². The van der Waals surface area contributed by atoms with Crippen LogP contribution in [0.25, 0.3) is 49.0 Å². The van der Waals surface area contributed by atoms with Crippen LogP contribution in [0.2, 0.25) is 0 Å². The Morgan fingerprint density at radius 2 is 0.867 bits per heavy atom. The summed E-state index contributed by atoms with van der Waals surface area (Å²) >= 11 is 0. The van der Waals surface area contributed by atoms with E-state index in [1.165, 1.54) is 77.3 Å². The van der Waals surface area contributed by atoms with Gasteiger partial charge in [0, 0.05) is 25.5 Å². The minimum Gasteiger partial charge on any atom is -0.341 e. The molecule has 2 aliphatic rings. The molecule has 0 fully saturated rings. The Kier molecular flexibility index (Phi) is 8.35. The van der Waals surface area contributed by atoms with Gasteiger partial charge in [0.05, 0.1) is 45.5 Å². The summed E-state index contributed by atoms with van der Waals surface area (Å²) in [4.78, 5) is 9.48. The topological polar surface area (TPSA) is 13.0 Å². The van der Waals surface area contributed by atoms with Gasteiger partial charge < -0.3 is 19.6 Å². The minimum absolute atomic E-state index is 1.13. The molecular weight excluding hydrogens is 729 g/mol. The van der Waals surface area contributed by atoms with E-state index in [0.29, 0.717) is 0 Å². The number of nitrogens with zero attached hydrogens (tertiary/aromatic N) is 4. The summed E-state index contributed by atoms with van der Waals surface area (Å²) in [7, 11) is 4.33. The highest BCUT2D eigenvalue weighted by atomic mass is 15.3. The van der Waals surface area contributed by atoms with Gasteiger partial charge in [0.25, 0.3) is 0 Å². The maximum absolute atomic E-state index is 2.44. The normalized spacial score (nSPS) is 13.6. The number of hydrogen-bond acceptors (Lipinski definition) is 4. The zero-order valence-electron chi connectivity index (χ0n) is 34.3. The molecule has 0 unspecified atom stereocenters. The molecule has 11 rings (SSSR count). The molecule has 9 aromatic carbocycles. The van der Waals surface area contributed by atoms with Gasteiger partial charge in [-0.2, -0.15) is 0 Å². The van der Waals surface area contributed by atoms with Crippen LogP contribution in [-0.2, 0) is 0 Å². The summed E-state index contributed by atoms with van der Waals surface area (Å²) in [5.41, 5.74) is 16.5. The predicted octanol–water partition coefficient (Wildman–Crippen LogP) is 15.9. The van der Waals surface area contributed by atoms with E-state index in [1.807, 2.05) is 0 Å². The van der Waals surface area contributed by atoms with E-state index >= 15 is 0 Å². The summed E-state index contributed by atoms with van der Waals surface area (Å²) in [5, 5.41) is 7.34. The lowest BCUT2D eigenvalue weighted by molar-refractivity contribution is 1.13. The van der Waals surface area contributed by atoms with Gasteiger partial charge in [0.2, 0.25) is 0 Å². The van der Waals surface area contributed by atoms with Gasteiger partial charge in [0.15, 0.2) is 0 Å². The Balaban J connectivity index is 1.24. The molecule has 4 heteroatoms.